The number of ketones is 1. The topological polar surface area (TPSA) is 122 Å². The number of carbonyl (C=O) groups is 5. The molecule has 1 aromatic rings. The predicted molar refractivity (Wildman–Crippen MR) is 109 cm³/mol. The number of hydrogen-bond donors (Lipinski definition) is 2. The van der Waals surface area contributed by atoms with Crippen LogP contribution in [0.15, 0.2) is 24.3 Å². The van der Waals surface area contributed by atoms with E-state index in [9.17, 15) is 24.0 Å². The van der Waals surface area contributed by atoms with Crippen molar-refractivity contribution >= 4 is 35.3 Å². The summed E-state index contributed by atoms with van der Waals surface area (Å²) in [5.74, 6) is -2.24. The van der Waals surface area contributed by atoms with Gasteiger partial charge in [-0.2, -0.15) is 0 Å². The van der Waals surface area contributed by atoms with Crippen LogP contribution in [-0.4, -0.2) is 52.7 Å². The largest absolute Gasteiger partial charge is 0.451 e. The number of esters is 1. The van der Waals surface area contributed by atoms with E-state index in [1.807, 2.05) is 6.92 Å². The predicted octanol–water partition coefficient (Wildman–Crippen LogP) is 2.26. The quantitative estimate of drug-likeness (QED) is 0.361. The lowest BCUT2D eigenvalue weighted by molar-refractivity contribution is -0.155. The summed E-state index contributed by atoms with van der Waals surface area (Å²) in [6.07, 6.45) is 0.887. The molecular formula is C21H27N3O6. The van der Waals surface area contributed by atoms with E-state index in [-0.39, 0.29) is 5.78 Å². The molecule has 1 aromatic carbocycles. The summed E-state index contributed by atoms with van der Waals surface area (Å²) < 4.78 is 5.08. The number of anilines is 1. The van der Waals surface area contributed by atoms with Crippen LogP contribution in [0.1, 0.15) is 57.3 Å². The Morgan fingerprint density at radius 1 is 1.23 bits per heavy atom. The highest BCUT2D eigenvalue weighted by Crippen LogP contribution is 2.23. The van der Waals surface area contributed by atoms with Gasteiger partial charge in [-0.15, -0.1) is 0 Å². The summed E-state index contributed by atoms with van der Waals surface area (Å²) in [4.78, 5) is 61.7. The lowest BCUT2D eigenvalue weighted by atomic mass is 9.95. The van der Waals surface area contributed by atoms with Crippen LogP contribution in [0.2, 0.25) is 0 Å². The molecule has 1 aliphatic heterocycles. The second-order valence-corrected chi connectivity index (χ2v) is 7.48. The number of nitrogens with one attached hydrogen (secondary N) is 2. The molecule has 0 aromatic heterocycles. The van der Waals surface area contributed by atoms with E-state index in [2.05, 4.69) is 10.6 Å². The number of unbranched alkanes of at least 4 members (excludes halogenated alkanes) is 1. The summed E-state index contributed by atoms with van der Waals surface area (Å²) in [5.41, 5.74) is -0.416. The molecular weight excluding hydrogens is 390 g/mol. The van der Waals surface area contributed by atoms with Crippen molar-refractivity contribution in [2.75, 3.05) is 11.9 Å². The fourth-order valence-electron chi connectivity index (χ4n) is 3.14. The molecule has 1 aliphatic rings. The SMILES string of the molecule is CCCC[C@@]1(C)NC(=O)N(CC(=O)O[C@H](C)C(=O)Nc2ccccc2C(C)=O)C1=O. The monoisotopic (exact) mass is 417 g/mol. The second-order valence-electron chi connectivity index (χ2n) is 7.48. The third kappa shape index (κ3) is 5.22. The Bertz CT molecular complexity index is 868. The van der Waals surface area contributed by atoms with Gasteiger partial charge in [0.1, 0.15) is 12.1 Å². The highest BCUT2D eigenvalue weighted by Gasteiger charge is 2.48. The molecule has 1 fully saturated rings. The first-order chi connectivity index (χ1) is 14.1. The zero-order chi connectivity index (χ0) is 22.5. The maximum Gasteiger partial charge on any atom is 0.327 e. The zero-order valence-electron chi connectivity index (χ0n) is 17.6. The molecule has 4 amide bonds. The average Bonchev–Trinajstić information content (AvgIpc) is 2.89. The van der Waals surface area contributed by atoms with Gasteiger partial charge in [-0.05, 0) is 39.3 Å². The van der Waals surface area contributed by atoms with Crippen molar-refractivity contribution in [3.05, 3.63) is 29.8 Å². The maximum atomic E-state index is 12.6. The molecule has 0 bridgehead atoms. The minimum atomic E-state index is -1.19. The van der Waals surface area contributed by atoms with E-state index in [0.717, 1.165) is 17.7 Å². The molecule has 2 N–H and O–H groups in total. The summed E-state index contributed by atoms with van der Waals surface area (Å²) in [6, 6.07) is 5.80. The number of carbonyl (C=O) groups excluding carboxylic acids is 5. The molecule has 2 atom stereocenters. The Morgan fingerprint density at radius 3 is 2.53 bits per heavy atom. The van der Waals surface area contributed by atoms with E-state index in [1.54, 1.807) is 31.2 Å². The van der Waals surface area contributed by atoms with E-state index >= 15 is 0 Å². The van der Waals surface area contributed by atoms with Crippen LogP contribution < -0.4 is 10.6 Å². The Hall–Kier alpha value is -3.23. The number of amides is 4. The van der Waals surface area contributed by atoms with Crippen LogP contribution in [0.5, 0.6) is 0 Å². The molecule has 0 aliphatic carbocycles. The number of imide groups is 1. The molecule has 0 radical (unpaired) electrons. The molecule has 0 unspecified atom stereocenters. The molecule has 9 nitrogen and oxygen atoms in total. The fraction of sp³-hybridized carbons (Fsp3) is 0.476. The van der Waals surface area contributed by atoms with E-state index in [0.29, 0.717) is 17.7 Å². The minimum absolute atomic E-state index is 0.222. The number of hydrogen-bond acceptors (Lipinski definition) is 6. The Balaban J connectivity index is 1.96. The first-order valence-corrected chi connectivity index (χ1v) is 9.83. The van der Waals surface area contributed by atoms with Crippen molar-refractivity contribution < 1.29 is 28.7 Å². The molecule has 0 saturated carbocycles. The summed E-state index contributed by atoms with van der Waals surface area (Å²) in [6.45, 7) is 5.74. The van der Waals surface area contributed by atoms with Crippen LogP contribution in [0.4, 0.5) is 10.5 Å². The fourth-order valence-corrected chi connectivity index (χ4v) is 3.14. The summed E-state index contributed by atoms with van der Waals surface area (Å²) in [7, 11) is 0. The normalized spacial score (nSPS) is 19.3. The van der Waals surface area contributed by atoms with Gasteiger partial charge < -0.3 is 15.4 Å². The smallest absolute Gasteiger partial charge is 0.327 e. The minimum Gasteiger partial charge on any atom is -0.451 e. The maximum absolute atomic E-state index is 12.6. The van der Waals surface area contributed by atoms with Crippen molar-refractivity contribution in [1.82, 2.24) is 10.2 Å². The van der Waals surface area contributed by atoms with Gasteiger partial charge in [-0.25, -0.2) is 4.79 Å². The molecule has 2 rings (SSSR count). The number of nitrogens with zero attached hydrogens (tertiary/aromatic N) is 1. The van der Waals surface area contributed by atoms with Gasteiger partial charge in [0.15, 0.2) is 11.9 Å². The van der Waals surface area contributed by atoms with Gasteiger partial charge in [0.2, 0.25) is 0 Å². The van der Waals surface area contributed by atoms with Crippen molar-refractivity contribution in [3.8, 4) is 0 Å². The van der Waals surface area contributed by atoms with Crippen molar-refractivity contribution in [1.29, 1.82) is 0 Å². The van der Waals surface area contributed by atoms with Crippen molar-refractivity contribution in [2.24, 2.45) is 0 Å². The van der Waals surface area contributed by atoms with Crippen LogP contribution in [-0.2, 0) is 19.1 Å². The molecule has 9 heteroatoms. The number of para-hydroxylation sites is 1. The number of Topliss-reactive ketones (excluding diaryl/α,β-unsaturated/α-hetero) is 1. The highest BCUT2D eigenvalue weighted by molar-refractivity contribution is 6.08. The lowest BCUT2D eigenvalue weighted by Gasteiger charge is -2.21. The average molecular weight is 417 g/mol. The van der Waals surface area contributed by atoms with Gasteiger partial charge in [-0.3, -0.25) is 24.1 Å². The van der Waals surface area contributed by atoms with E-state index < -0.39 is 42.0 Å². The van der Waals surface area contributed by atoms with Crippen molar-refractivity contribution in [3.63, 3.8) is 0 Å². The molecule has 1 saturated heterocycles. The summed E-state index contributed by atoms with van der Waals surface area (Å²) >= 11 is 0. The standard InChI is InChI=1S/C21H27N3O6/c1-5-6-11-21(4)19(28)24(20(29)23-21)12-17(26)30-14(3)18(27)22-16-10-8-7-9-15(16)13(2)25/h7-10,14H,5-6,11-12H2,1-4H3,(H,22,27)(H,23,29)/t14-,21-/m1/s1. The Morgan fingerprint density at radius 2 is 1.90 bits per heavy atom. The zero-order valence-corrected chi connectivity index (χ0v) is 17.6. The van der Waals surface area contributed by atoms with Crippen LogP contribution in [0, 0.1) is 0 Å². The highest BCUT2D eigenvalue weighted by atomic mass is 16.5. The number of ether oxygens (including phenoxy) is 1. The molecule has 162 valence electrons. The Kier molecular flexibility index (Phi) is 7.31. The number of urea groups is 1. The van der Waals surface area contributed by atoms with Gasteiger partial charge in [0.25, 0.3) is 11.8 Å². The summed E-state index contributed by atoms with van der Waals surface area (Å²) in [5, 5.41) is 5.16. The molecule has 30 heavy (non-hydrogen) atoms. The first-order valence-electron chi connectivity index (χ1n) is 9.83. The Labute approximate surface area is 175 Å². The van der Waals surface area contributed by atoms with Crippen LogP contribution in [0.25, 0.3) is 0 Å². The van der Waals surface area contributed by atoms with Crippen molar-refractivity contribution in [2.45, 2.75) is 58.6 Å². The van der Waals surface area contributed by atoms with Gasteiger partial charge in [0, 0.05) is 5.56 Å². The molecule has 0 spiro atoms. The van der Waals surface area contributed by atoms with Gasteiger partial charge in [-0.1, -0.05) is 31.9 Å². The van der Waals surface area contributed by atoms with Crippen LogP contribution in [0.3, 0.4) is 0 Å². The van der Waals surface area contributed by atoms with E-state index in [4.69, 9.17) is 4.74 Å². The number of rotatable bonds is 9. The van der Waals surface area contributed by atoms with E-state index in [1.165, 1.54) is 13.8 Å². The van der Waals surface area contributed by atoms with Crippen LogP contribution >= 0.6 is 0 Å². The molecule has 1 heterocycles. The number of benzene rings is 1. The van der Waals surface area contributed by atoms with Gasteiger partial charge in [0.05, 0.1) is 5.69 Å². The first kappa shape index (κ1) is 23.1. The third-order valence-corrected chi connectivity index (χ3v) is 4.90. The second kappa shape index (κ2) is 9.51. The third-order valence-electron chi connectivity index (χ3n) is 4.90. The van der Waals surface area contributed by atoms with Gasteiger partial charge >= 0.3 is 12.0 Å². The lowest BCUT2D eigenvalue weighted by Crippen LogP contribution is -2.44.